The Morgan fingerprint density at radius 1 is 1.31 bits per heavy atom. The van der Waals surface area contributed by atoms with Crippen molar-refractivity contribution in [3.05, 3.63) is 29.8 Å². The smallest absolute Gasteiger partial charge is 0.211 e. The molecule has 0 spiro atoms. The molecule has 70 valence electrons. The fourth-order valence-corrected chi connectivity index (χ4v) is 1.22. The molecule has 1 rings (SSSR count). The first-order chi connectivity index (χ1) is 6.36. The molecule has 2 heteroatoms. The summed E-state index contributed by atoms with van der Waals surface area (Å²) in [6.07, 6.45) is 4.26. The Bertz CT molecular complexity index is 253. The minimum Gasteiger partial charge on any atom is -0.329 e. The van der Waals surface area contributed by atoms with Crippen LogP contribution >= 0.6 is 0 Å². The zero-order chi connectivity index (χ0) is 9.52. The molecule has 13 heavy (non-hydrogen) atoms. The van der Waals surface area contributed by atoms with Crippen LogP contribution in [0.1, 0.15) is 25.3 Å². The zero-order valence-electron chi connectivity index (χ0n) is 7.92. The number of rotatable bonds is 5. The quantitative estimate of drug-likeness (QED) is 0.688. The molecular weight excluding hydrogens is 162 g/mol. The van der Waals surface area contributed by atoms with Gasteiger partial charge in [0.15, 0.2) is 0 Å². The maximum absolute atomic E-state index is 10.1. The number of benzene rings is 1. The van der Waals surface area contributed by atoms with E-state index in [1.54, 1.807) is 0 Å². The van der Waals surface area contributed by atoms with Crippen LogP contribution in [0.2, 0.25) is 0 Å². The topological polar surface area (TPSA) is 29.1 Å². The van der Waals surface area contributed by atoms with Gasteiger partial charge in [0, 0.05) is 5.69 Å². The first-order valence-electron chi connectivity index (χ1n) is 4.66. The van der Waals surface area contributed by atoms with E-state index in [1.807, 2.05) is 12.1 Å². The van der Waals surface area contributed by atoms with Crippen LogP contribution in [0.15, 0.2) is 24.3 Å². The molecule has 0 radical (unpaired) electrons. The number of amides is 1. The van der Waals surface area contributed by atoms with Gasteiger partial charge in [0.25, 0.3) is 0 Å². The average Bonchev–Trinajstić information content (AvgIpc) is 2.17. The second-order valence-electron chi connectivity index (χ2n) is 3.06. The van der Waals surface area contributed by atoms with Crippen molar-refractivity contribution in [3.8, 4) is 0 Å². The monoisotopic (exact) mass is 177 g/mol. The first kappa shape index (κ1) is 9.78. The van der Waals surface area contributed by atoms with E-state index in [2.05, 4.69) is 24.4 Å². The molecule has 0 heterocycles. The Morgan fingerprint density at radius 2 is 2.00 bits per heavy atom. The highest BCUT2D eigenvalue weighted by Gasteiger charge is 1.92. The van der Waals surface area contributed by atoms with Crippen molar-refractivity contribution in [1.29, 1.82) is 0 Å². The largest absolute Gasteiger partial charge is 0.329 e. The van der Waals surface area contributed by atoms with Crippen molar-refractivity contribution in [2.45, 2.75) is 26.2 Å². The van der Waals surface area contributed by atoms with E-state index in [0.29, 0.717) is 6.41 Å². The maximum atomic E-state index is 10.1. The highest BCUT2D eigenvalue weighted by molar-refractivity contribution is 5.70. The molecule has 0 aromatic heterocycles. The Kier molecular flexibility index (Phi) is 4.03. The number of unbranched alkanes of at least 4 members (excludes halogenated alkanes) is 1. The normalized spacial score (nSPS) is 9.62. The molecule has 0 bridgehead atoms. The minimum atomic E-state index is 0.695. The lowest BCUT2D eigenvalue weighted by Crippen LogP contribution is -1.93. The summed E-state index contributed by atoms with van der Waals surface area (Å²) in [5, 5.41) is 2.61. The predicted octanol–water partition coefficient (Wildman–Crippen LogP) is 2.60. The van der Waals surface area contributed by atoms with Crippen LogP contribution in [0.4, 0.5) is 5.69 Å². The molecule has 0 saturated carbocycles. The van der Waals surface area contributed by atoms with Crippen molar-refractivity contribution in [2.24, 2.45) is 0 Å². The Balaban J connectivity index is 2.53. The van der Waals surface area contributed by atoms with E-state index in [1.165, 1.54) is 18.4 Å². The summed E-state index contributed by atoms with van der Waals surface area (Å²) < 4.78 is 0. The summed E-state index contributed by atoms with van der Waals surface area (Å²) >= 11 is 0. The van der Waals surface area contributed by atoms with Crippen LogP contribution in [0.5, 0.6) is 0 Å². The molecule has 0 unspecified atom stereocenters. The summed E-state index contributed by atoms with van der Waals surface area (Å²) in [4.78, 5) is 10.1. The molecule has 0 atom stereocenters. The van der Waals surface area contributed by atoms with E-state index in [-0.39, 0.29) is 0 Å². The van der Waals surface area contributed by atoms with Gasteiger partial charge in [0.2, 0.25) is 6.41 Å². The molecule has 1 N–H and O–H groups in total. The van der Waals surface area contributed by atoms with Gasteiger partial charge in [0.05, 0.1) is 0 Å². The van der Waals surface area contributed by atoms with E-state index < -0.39 is 0 Å². The van der Waals surface area contributed by atoms with Crippen LogP contribution in [0.3, 0.4) is 0 Å². The summed E-state index contributed by atoms with van der Waals surface area (Å²) in [7, 11) is 0. The van der Waals surface area contributed by atoms with Crippen molar-refractivity contribution >= 4 is 12.1 Å². The minimum absolute atomic E-state index is 0.695. The van der Waals surface area contributed by atoms with Crippen molar-refractivity contribution in [1.82, 2.24) is 0 Å². The lowest BCUT2D eigenvalue weighted by molar-refractivity contribution is -0.105. The maximum Gasteiger partial charge on any atom is 0.211 e. The third-order valence-corrected chi connectivity index (χ3v) is 2.00. The van der Waals surface area contributed by atoms with E-state index >= 15 is 0 Å². The Labute approximate surface area is 79.0 Å². The van der Waals surface area contributed by atoms with Gasteiger partial charge in [0.1, 0.15) is 0 Å². The van der Waals surface area contributed by atoms with Crippen molar-refractivity contribution in [2.75, 3.05) is 5.32 Å². The number of nitrogens with one attached hydrogen (secondary N) is 1. The summed E-state index contributed by atoms with van der Waals surface area (Å²) in [6, 6.07) is 7.97. The van der Waals surface area contributed by atoms with Crippen LogP contribution in [0.25, 0.3) is 0 Å². The van der Waals surface area contributed by atoms with Gasteiger partial charge in [-0.3, -0.25) is 4.79 Å². The molecule has 2 nitrogen and oxygen atoms in total. The van der Waals surface area contributed by atoms with Gasteiger partial charge in [-0.25, -0.2) is 0 Å². The molecular formula is C11H15NO. The summed E-state index contributed by atoms with van der Waals surface area (Å²) in [5.41, 5.74) is 2.19. The second kappa shape index (κ2) is 5.36. The number of anilines is 1. The van der Waals surface area contributed by atoms with Gasteiger partial charge in [-0.05, 0) is 30.5 Å². The van der Waals surface area contributed by atoms with E-state index in [4.69, 9.17) is 0 Å². The molecule has 1 amide bonds. The number of hydrogen-bond acceptors (Lipinski definition) is 1. The molecule has 0 aliphatic rings. The highest BCUT2D eigenvalue weighted by atomic mass is 16.1. The summed E-state index contributed by atoms with van der Waals surface area (Å²) in [6.45, 7) is 2.18. The second-order valence-corrected chi connectivity index (χ2v) is 3.06. The standard InChI is InChI=1S/C11H15NO/c1-2-3-4-10-5-7-11(8-6-10)12-9-13/h5-9H,2-4H2,1H3,(H,12,13). The molecule has 0 fully saturated rings. The predicted molar refractivity (Wildman–Crippen MR) is 54.7 cm³/mol. The molecule has 0 aliphatic heterocycles. The number of carbonyl (C=O) groups excluding carboxylic acids is 1. The van der Waals surface area contributed by atoms with Crippen LogP contribution < -0.4 is 5.32 Å². The SMILES string of the molecule is CCCCc1ccc(NC=O)cc1. The van der Waals surface area contributed by atoms with E-state index in [9.17, 15) is 4.79 Å². The summed E-state index contributed by atoms with van der Waals surface area (Å²) in [5.74, 6) is 0. The lowest BCUT2D eigenvalue weighted by atomic mass is 10.1. The Hall–Kier alpha value is -1.31. The van der Waals surface area contributed by atoms with E-state index in [0.717, 1.165) is 12.1 Å². The average molecular weight is 177 g/mol. The lowest BCUT2D eigenvalue weighted by Gasteiger charge is -2.01. The molecule has 0 saturated heterocycles. The van der Waals surface area contributed by atoms with Crippen molar-refractivity contribution < 1.29 is 4.79 Å². The molecule has 0 aliphatic carbocycles. The van der Waals surface area contributed by atoms with Gasteiger partial charge in [-0.1, -0.05) is 25.5 Å². The van der Waals surface area contributed by atoms with Crippen LogP contribution in [0, 0.1) is 0 Å². The van der Waals surface area contributed by atoms with Crippen molar-refractivity contribution in [3.63, 3.8) is 0 Å². The highest BCUT2D eigenvalue weighted by Crippen LogP contribution is 2.10. The number of aryl methyl sites for hydroxylation is 1. The zero-order valence-corrected chi connectivity index (χ0v) is 7.92. The van der Waals surface area contributed by atoms with Gasteiger partial charge < -0.3 is 5.32 Å². The van der Waals surface area contributed by atoms with Crippen LogP contribution in [-0.2, 0) is 11.2 Å². The van der Waals surface area contributed by atoms with Gasteiger partial charge in [-0.15, -0.1) is 0 Å². The first-order valence-corrected chi connectivity index (χ1v) is 4.66. The third-order valence-electron chi connectivity index (χ3n) is 2.00. The molecule has 1 aromatic carbocycles. The number of hydrogen-bond donors (Lipinski definition) is 1. The third kappa shape index (κ3) is 3.28. The fourth-order valence-electron chi connectivity index (χ4n) is 1.22. The van der Waals surface area contributed by atoms with Crippen LogP contribution in [-0.4, -0.2) is 6.41 Å². The Morgan fingerprint density at radius 3 is 2.54 bits per heavy atom. The number of carbonyl (C=O) groups is 1. The van der Waals surface area contributed by atoms with Gasteiger partial charge >= 0.3 is 0 Å². The van der Waals surface area contributed by atoms with Gasteiger partial charge in [-0.2, -0.15) is 0 Å². The molecule has 1 aromatic rings. The fraction of sp³-hybridized carbons (Fsp3) is 0.364.